The van der Waals surface area contributed by atoms with Gasteiger partial charge in [-0.3, -0.25) is 4.79 Å². The number of hydrogen-bond donors (Lipinski definition) is 1. The molecule has 0 aliphatic heterocycles. The van der Waals surface area contributed by atoms with Crippen LogP contribution in [0.2, 0.25) is 10.0 Å². The first kappa shape index (κ1) is 14.2. The number of carbonyl (C=O) groups excluding carboxylic acids is 1. The third kappa shape index (κ3) is 3.23. The summed E-state index contributed by atoms with van der Waals surface area (Å²) in [5.74, 6) is -0.0829. The molecule has 0 atom stereocenters. The fourth-order valence-corrected chi connectivity index (χ4v) is 2.21. The minimum Gasteiger partial charge on any atom is -0.305 e. The van der Waals surface area contributed by atoms with Gasteiger partial charge in [0.25, 0.3) is 5.91 Å². The van der Waals surface area contributed by atoms with Crippen LogP contribution < -0.4 is 5.32 Å². The van der Waals surface area contributed by atoms with Crippen molar-refractivity contribution in [1.29, 1.82) is 0 Å². The molecule has 2 rings (SSSR count). The van der Waals surface area contributed by atoms with Gasteiger partial charge in [0.2, 0.25) is 0 Å². The zero-order chi connectivity index (χ0) is 14.0. The standard InChI is InChI=1S/C12H8BrCl2N3O/c1-6-8(14)5-9(15)11(17-6)18-12(19)7-3-2-4-16-10(7)13/h2-5H,1H3,(H,17,18,19). The number of pyridine rings is 2. The second-order valence-corrected chi connectivity index (χ2v) is 5.25. The molecule has 0 unspecified atom stereocenters. The molecule has 0 spiro atoms. The molecule has 0 fully saturated rings. The van der Waals surface area contributed by atoms with Crippen LogP contribution in [0.25, 0.3) is 0 Å². The molecule has 0 radical (unpaired) electrons. The van der Waals surface area contributed by atoms with Gasteiger partial charge in [0.05, 0.1) is 21.3 Å². The van der Waals surface area contributed by atoms with E-state index in [1.54, 1.807) is 31.3 Å². The summed E-state index contributed by atoms with van der Waals surface area (Å²) in [5.41, 5.74) is 0.986. The van der Waals surface area contributed by atoms with Crippen LogP contribution in [0, 0.1) is 6.92 Å². The summed E-state index contributed by atoms with van der Waals surface area (Å²) >= 11 is 15.1. The van der Waals surface area contributed by atoms with E-state index in [0.717, 1.165) is 0 Å². The third-order valence-electron chi connectivity index (χ3n) is 2.34. The Hall–Kier alpha value is -1.17. The van der Waals surface area contributed by atoms with Gasteiger partial charge in [-0.1, -0.05) is 23.2 Å². The maximum atomic E-state index is 12.1. The van der Waals surface area contributed by atoms with Gasteiger partial charge in [-0.05, 0) is 41.1 Å². The number of nitrogens with zero attached hydrogens (tertiary/aromatic N) is 2. The quantitative estimate of drug-likeness (QED) is 0.820. The van der Waals surface area contributed by atoms with E-state index >= 15 is 0 Å². The molecular weight excluding hydrogens is 353 g/mol. The van der Waals surface area contributed by atoms with Crippen molar-refractivity contribution in [1.82, 2.24) is 9.97 Å². The summed E-state index contributed by atoms with van der Waals surface area (Å²) in [6.07, 6.45) is 1.58. The Labute approximate surface area is 128 Å². The van der Waals surface area contributed by atoms with E-state index in [2.05, 4.69) is 31.2 Å². The van der Waals surface area contributed by atoms with Crippen LogP contribution >= 0.6 is 39.1 Å². The normalized spacial score (nSPS) is 10.3. The SMILES string of the molecule is Cc1nc(NC(=O)c2cccnc2Br)c(Cl)cc1Cl. The molecule has 19 heavy (non-hydrogen) atoms. The van der Waals surface area contributed by atoms with E-state index in [0.29, 0.717) is 20.9 Å². The Morgan fingerprint density at radius 1 is 1.37 bits per heavy atom. The van der Waals surface area contributed by atoms with E-state index in [-0.39, 0.29) is 16.7 Å². The minimum atomic E-state index is -0.351. The minimum absolute atomic E-state index is 0.268. The molecule has 0 bridgehead atoms. The highest BCUT2D eigenvalue weighted by molar-refractivity contribution is 9.10. The van der Waals surface area contributed by atoms with Gasteiger partial charge in [-0.15, -0.1) is 0 Å². The lowest BCUT2D eigenvalue weighted by molar-refractivity contribution is 0.102. The molecule has 1 N–H and O–H groups in total. The number of aryl methyl sites for hydroxylation is 1. The van der Waals surface area contributed by atoms with Crippen molar-refractivity contribution in [2.45, 2.75) is 6.92 Å². The van der Waals surface area contributed by atoms with Crippen molar-refractivity contribution >= 4 is 50.9 Å². The first-order valence-electron chi connectivity index (χ1n) is 5.23. The van der Waals surface area contributed by atoms with Crippen LogP contribution in [-0.2, 0) is 0 Å². The Morgan fingerprint density at radius 2 is 2.11 bits per heavy atom. The molecule has 2 aromatic heterocycles. The Kier molecular flexibility index (Phi) is 4.39. The lowest BCUT2D eigenvalue weighted by Crippen LogP contribution is -2.14. The molecular formula is C12H8BrCl2N3O. The molecule has 98 valence electrons. The monoisotopic (exact) mass is 359 g/mol. The van der Waals surface area contributed by atoms with Gasteiger partial charge in [0, 0.05) is 6.20 Å². The lowest BCUT2D eigenvalue weighted by atomic mass is 10.2. The number of nitrogens with one attached hydrogen (secondary N) is 1. The number of carbonyl (C=O) groups is 1. The van der Waals surface area contributed by atoms with Gasteiger partial charge >= 0.3 is 0 Å². The largest absolute Gasteiger partial charge is 0.305 e. The van der Waals surface area contributed by atoms with Crippen LogP contribution in [0.3, 0.4) is 0 Å². The van der Waals surface area contributed by atoms with Crippen LogP contribution in [0.5, 0.6) is 0 Å². The van der Waals surface area contributed by atoms with Crippen molar-refractivity contribution < 1.29 is 4.79 Å². The summed E-state index contributed by atoms with van der Waals surface area (Å²) in [4.78, 5) is 20.2. The van der Waals surface area contributed by atoms with E-state index in [4.69, 9.17) is 23.2 Å². The van der Waals surface area contributed by atoms with Crippen molar-refractivity contribution in [2.24, 2.45) is 0 Å². The molecule has 0 aliphatic rings. The van der Waals surface area contributed by atoms with Crippen LogP contribution in [0.4, 0.5) is 5.82 Å². The zero-order valence-corrected chi connectivity index (χ0v) is 12.8. The Balaban J connectivity index is 2.30. The van der Waals surface area contributed by atoms with Crippen molar-refractivity contribution in [3.63, 3.8) is 0 Å². The highest BCUT2D eigenvalue weighted by Crippen LogP contribution is 2.26. The molecule has 4 nitrogen and oxygen atoms in total. The molecule has 0 saturated heterocycles. The van der Waals surface area contributed by atoms with Crippen LogP contribution in [-0.4, -0.2) is 15.9 Å². The van der Waals surface area contributed by atoms with Crippen molar-refractivity contribution in [3.8, 4) is 0 Å². The summed E-state index contributed by atoms with van der Waals surface area (Å²) in [6.45, 7) is 1.73. The summed E-state index contributed by atoms with van der Waals surface area (Å²) in [6, 6.07) is 4.85. The van der Waals surface area contributed by atoms with E-state index in [9.17, 15) is 4.79 Å². The summed E-state index contributed by atoms with van der Waals surface area (Å²) < 4.78 is 0.453. The summed E-state index contributed by atoms with van der Waals surface area (Å²) in [5, 5.41) is 3.36. The van der Waals surface area contributed by atoms with E-state index in [1.165, 1.54) is 0 Å². The molecule has 7 heteroatoms. The van der Waals surface area contributed by atoms with Crippen molar-refractivity contribution in [3.05, 3.63) is 50.3 Å². The Morgan fingerprint density at radius 3 is 2.79 bits per heavy atom. The van der Waals surface area contributed by atoms with E-state index < -0.39 is 0 Å². The van der Waals surface area contributed by atoms with Gasteiger partial charge in [0.1, 0.15) is 4.60 Å². The lowest BCUT2D eigenvalue weighted by Gasteiger charge is -2.08. The first-order valence-corrected chi connectivity index (χ1v) is 6.78. The molecule has 0 aliphatic carbocycles. The first-order chi connectivity index (χ1) is 8.99. The number of amides is 1. The highest BCUT2D eigenvalue weighted by atomic mass is 79.9. The second-order valence-electron chi connectivity index (χ2n) is 3.68. The van der Waals surface area contributed by atoms with Gasteiger partial charge in [-0.25, -0.2) is 9.97 Å². The summed E-state index contributed by atoms with van der Waals surface area (Å²) in [7, 11) is 0. The Bertz CT molecular complexity index is 649. The molecule has 2 aromatic rings. The average molecular weight is 361 g/mol. The predicted molar refractivity (Wildman–Crippen MR) is 78.9 cm³/mol. The zero-order valence-electron chi connectivity index (χ0n) is 9.75. The maximum Gasteiger partial charge on any atom is 0.259 e. The molecule has 2 heterocycles. The highest BCUT2D eigenvalue weighted by Gasteiger charge is 2.14. The smallest absolute Gasteiger partial charge is 0.259 e. The van der Waals surface area contributed by atoms with Crippen LogP contribution in [0.1, 0.15) is 16.1 Å². The van der Waals surface area contributed by atoms with Crippen molar-refractivity contribution in [2.75, 3.05) is 5.32 Å². The molecule has 1 amide bonds. The number of hydrogen-bond acceptors (Lipinski definition) is 3. The fraction of sp³-hybridized carbons (Fsp3) is 0.0833. The van der Waals surface area contributed by atoms with Gasteiger partial charge < -0.3 is 5.32 Å². The topological polar surface area (TPSA) is 54.9 Å². The van der Waals surface area contributed by atoms with Gasteiger partial charge in [0.15, 0.2) is 5.82 Å². The molecule has 0 saturated carbocycles. The fourth-order valence-electron chi connectivity index (χ4n) is 1.38. The van der Waals surface area contributed by atoms with Gasteiger partial charge in [-0.2, -0.15) is 0 Å². The number of rotatable bonds is 2. The predicted octanol–water partition coefficient (Wildman–Crippen LogP) is 4.11. The van der Waals surface area contributed by atoms with Crippen LogP contribution in [0.15, 0.2) is 29.0 Å². The third-order valence-corrected chi connectivity index (χ3v) is 3.64. The maximum absolute atomic E-state index is 12.1. The number of aromatic nitrogens is 2. The second kappa shape index (κ2) is 5.86. The average Bonchev–Trinajstić information content (AvgIpc) is 2.36. The number of anilines is 1. The number of halogens is 3. The van der Waals surface area contributed by atoms with E-state index in [1.807, 2.05) is 0 Å². The molecule has 0 aromatic carbocycles.